The molecule has 2 aliphatic heterocycles. The number of nitrogens with zero attached hydrogens (tertiary/aromatic N) is 2. The van der Waals surface area contributed by atoms with Gasteiger partial charge >= 0.3 is 0 Å². The first-order chi connectivity index (χ1) is 11.2. The monoisotopic (exact) mass is 321 g/mol. The second kappa shape index (κ2) is 7.38. The lowest BCUT2D eigenvalue weighted by Gasteiger charge is -2.36. The van der Waals surface area contributed by atoms with Crippen molar-refractivity contribution in [3.63, 3.8) is 0 Å². The Kier molecular flexibility index (Phi) is 5.25. The third-order valence-electron chi connectivity index (χ3n) is 4.78. The molecule has 2 unspecified atom stereocenters. The minimum Gasteiger partial charge on any atom is -0.379 e. The number of hydrogen-bond acceptors (Lipinski definition) is 4. The minimum absolute atomic E-state index is 0.0204. The van der Waals surface area contributed by atoms with Crippen molar-refractivity contribution < 1.29 is 13.9 Å². The van der Waals surface area contributed by atoms with E-state index >= 15 is 0 Å². The molecule has 23 heavy (non-hydrogen) atoms. The van der Waals surface area contributed by atoms with Crippen molar-refractivity contribution in [1.29, 1.82) is 0 Å². The summed E-state index contributed by atoms with van der Waals surface area (Å²) in [6.45, 7) is 4.39. The number of carbonyl (C=O) groups excluding carboxylic acids is 1. The Morgan fingerprint density at radius 2 is 2.04 bits per heavy atom. The Balaban J connectivity index is 1.85. The van der Waals surface area contributed by atoms with E-state index in [4.69, 9.17) is 10.5 Å². The van der Waals surface area contributed by atoms with E-state index < -0.39 is 6.04 Å². The molecule has 2 aliphatic rings. The number of halogens is 1. The van der Waals surface area contributed by atoms with Gasteiger partial charge in [-0.25, -0.2) is 4.39 Å². The summed E-state index contributed by atoms with van der Waals surface area (Å²) in [4.78, 5) is 17.0. The van der Waals surface area contributed by atoms with Crippen LogP contribution in [0.2, 0.25) is 0 Å². The lowest BCUT2D eigenvalue weighted by atomic mass is 10.0. The zero-order valence-corrected chi connectivity index (χ0v) is 13.3. The summed E-state index contributed by atoms with van der Waals surface area (Å²) in [5.74, 6) is 0.00442. The van der Waals surface area contributed by atoms with Gasteiger partial charge in [0, 0.05) is 31.7 Å². The fraction of sp³-hybridized carbons (Fsp3) is 0.588. The van der Waals surface area contributed by atoms with Crippen LogP contribution in [0.15, 0.2) is 24.3 Å². The number of nitrogens with two attached hydrogens (primary N) is 1. The largest absolute Gasteiger partial charge is 0.379 e. The molecular weight excluding hydrogens is 297 g/mol. The zero-order valence-electron chi connectivity index (χ0n) is 13.3. The molecule has 0 aromatic heterocycles. The van der Waals surface area contributed by atoms with Crippen molar-refractivity contribution in [3.05, 3.63) is 35.6 Å². The maximum atomic E-state index is 14.3. The number of rotatable bonds is 4. The quantitative estimate of drug-likeness (QED) is 0.899. The van der Waals surface area contributed by atoms with Crippen molar-refractivity contribution in [2.24, 2.45) is 11.7 Å². The van der Waals surface area contributed by atoms with Crippen molar-refractivity contribution >= 4 is 5.91 Å². The summed E-state index contributed by atoms with van der Waals surface area (Å²) in [7, 11) is 0. The van der Waals surface area contributed by atoms with Crippen LogP contribution in [0.4, 0.5) is 4.39 Å². The van der Waals surface area contributed by atoms with Crippen LogP contribution >= 0.6 is 0 Å². The first-order valence-electron chi connectivity index (χ1n) is 8.25. The van der Waals surface area contributed by atoms with Crippen LogP contribution in [0.3, 0.4) is 0 Å². The van der Waals surface area contributed by atoms with Gasteiger partial charge in [-0.3, -0.25) is 9.69 Å². The molecule has 0 spiro atoms. The maximum Gasteiger partial charge on any atom is 0.244 e. The van der Waals surface area contributed by atoms with E-state index in [0.29, 0.717) is 57.4 Å². The molecular formula is C17H24FN3O2. The molecule has 0 bridgehead atoms. The predicted octanol–water partition coefficient (Wildman–Crippen LogP) is 1.01. The standard InChI is InChI=1S/C17H24FN3O2/c18-15-4-2-1-3-14(15)16(20-7-9-23-10-8-20)17(22)21-6-5-13(11-19)12-21/h1-4,13,16H,5-12,19H2. The van der Waals surface area contributed by atoms with Gasteiger partial charge in [0.15, 0.2) is 0 Å². The number of morpholine rings is 1. The maximum absolute atomic E-state index is 14.3. The van der Waals surface area contributed by atoms with E-state index in [1.54, 1.807) is 18.2 Å². The van der Waals surface area contributed by atoms with Gasteiger partial charge in [-0.1, -0.05) is 18.2 Å². The SMILES string of the molecule is NCC1CCN(C(=O)C(c2ccccc2F)N2CCOCC2)C1. The summed E-state index contributed by atoms with van der Waals surface area (Å²) < 4.78 is 19.7. The molecule has 1 aromatic carbocycles. The Hall–Kier alpha value is -1.50. The lowest BCUT2D eigenvalue weighted by molar-refractivity contribution is -0.138. The fourth-order valence-corrected chi connectivity index (χ4v) is 3.42. The molecule has 1 aromatic rings. The van der Waals surface area contributed by atoms with Crippen LogP contribution in [-0.2, 0) is 9.53 Å². The van der Waals surface area contributed by atoms with Crippen molar-refractivity contribution in [3.8, 4) is 0 Å². The molecule has 5 nitrogen and oxygen atoms in total. The second-order valence-corrected chi connectivity index (χ2v) is 6.25. The Morgan fingerprint density at radius 1 is 1.30 bits per heavy atom. The van der Waals surface area contributed by atoms with Crippen molar-refractivity contribution in [2.45, 2.75) is 12.5 Å². The summed E-state index contributed by atoms with van der Waals surface area (Å²) in [5.41, 5.74) is 6.18. The lowest BCUT2D eigenvalue weighted by Crippen LogP contribution is -2.47. The number of ether oxygens (including phenoxy) is 1. The van der Waals surface area contributed by atoms with Crippen molar-refractivity contribution in [2.75, 3.05) is 45.9 Å². The highest BCUT2D eigenvalue weighted by molar-refractivity contribution is 5.83. The molecule has 2 heterocycles. The zero-order chi connectivity index (χ0) is 16.2. The molecule has 2 saturated heterocycles. The molecule has 2 fully saturated rings. The van der Waals surface area contributed by atoms with Gasteiger partial charge in [0.1, 0.15) is 11.9 Å². The molecule has 0 radical (unpaired) electrons. The third-order valence-corrected chi connectivity index (χ3v) is 4.78. The Morgan fingerprint density at radius 3 is 2.70 bits per heavy atom. The first kappa shape index (κ1) is 16.4. The third kappa shape index (κ3) is 3.54. The van der Waals surface area contributed by atoms with Gasteiger partial charge in [0.25, 0.3) is 0 Å². The number of carbonyl (C=O) groups is 1. The molecule has 2 N–H and O–H groups in total. The van der Waals surface area contributed by atoms with E-state index in [9.17, 15) is 9.18 Å². The van der Waals surface area contributed by atoms with Crippen LogP contribution in [0.5, 0.6) is 0 Å². The van der Waals surface area contributed by atoms with Gasteiger partial charge in [0.05, 0.1) is 13.2 Å². The normalized spacial score (nSPS) is 23.9. The van der Waals surface area contributed by atoms with Crippen LogP contribution < -0.4 is 5.73 Å². The number of benzene rings is 1. The summed E-state index contributed by atoms with van der Waals surface area (Å²) in [5, 5.41) is 0. The van der Waals surface area contributed by atoms with Gasteiger partial charge in [0.2, 0.25) is 5.91 Å². The number of likely N-dealkylation sites (tertiary alicyclic amines) is 1. The summed E-state index contributed by atoms with van der Waals surface area (Å²) in [6.07, 6.45) is 0.926. The Labute approximate surface area is 136 Å². The van der Waals surface area contributed by atoms with E-state index in [2.05, 4.69) is 0 Å². The topological polar surface area (TPSA) is 58.8 Å². The van der Waals surface area contributed by atoms with Crippen LogP contribution in [-0.4, -0.2) is 61.6 Å². The highest BCUT2D eigenvalue weighted by atomic mass is 19.1. The molecule has 0 saturated carbocycles. The molecule has 0 aliphatic carbocycles. The predicted molar refractivity (Wildman–Crippen MR) is 85.3 cm³/mol. The van der Waals surface area contributed by atoms with Gasteiger partial charge < -0.3 is 15.4 Å². The Bertz CT molecular complexity index is 548. The average Bonchev–Trinajstić information content (AvgIpc) is 3.07. The van der Waals surface area contributed by atoms with E-state index in [0.717, 1.165) is 6.42 Å². The molecule has 2 atom stereocenters. The molecule has 126 valence electrons. The summed E-state index contributed by atoms with van der Waals surface area (Å²) in [6, 6.07) is 6.00. The van der Waals surface area contributed by atoms with Crippen molar-refractivity contribution in [1.82, 2.24) is 9.80 Å². The van der Waals surface area contributed by atoms with Crippen LogP contribution in [0.1, 0.15) is 18.0 Å². The molecule has 3 rings (SSSR count). The van der Waals surface area contributed by atoms with E-state index in [1.807, 2.05) is 9.80 Å². The smallest absolute Gasteiger partial charge is 0.244 e. The van der Waals surface area contributed by atoms with Gasteiger partial charge in [-0.15, -0.1) is 0 Å². The highest BCUT2D eigenvalue weighted by Crippen LogP contribution is 2.28. The van der Waals surface area contributed by atoms with Crippen LogP contribution in [0, 0.1) is 11.7 Å². The van der Waals surface area contributed by atoms with E-state index in [1.165, 1.54) is 6.07 Å². The van der Waals surface area contributed by atoms with Crippen LogP contribution in [0.25, 0.3) is 0 Å². The number of hydrogen-bond donors (Lipinski definition) is 1. The second-order valence-electron chi connectivity index (χ2n) is 6.25. The molecule has 6 heteroatoms. The average molecular weight is 321 g/mol. The fourth-order valence-electron chi connectivity index (χ4n) is 3.42. The van der Waals surface area contributed by atoms with Gasteiger partial charge in [-0.05, 0) is 24.9 Å². The summed E-state index contributed by atoms with van der Waals surface area (Å²) >= 11 is 0. The van der Waals surface area contributed by atoms with Gasteiger partial charge in [-0.2, -0.15) is 0 Å². The molecule has 1 amide bonds. The number of amides is 1. The van der Waals surface area contributed by atoms with E-state index in [-0.39, 0.29) is 11.7 Å². The minimum atomic E-state index is -0.573. The highest BCUT2D eigenvalue weighted by Gasteiger charge is 2.36. The first-order valence-corrected chi connectivity index (χ1v) is 8.25.